The SMILES string of the molecule is COP(=O)(OC)[C@]1(C(C)C)N=NC[C@@H]1C. The third kappa shape index (κ3) is 1.67. The fourth-order valence-electron chi connectivity index (χ4n) is 2.20. The Balaban J connectivity index is 3.23. The van der Waals surface area contributed by atoms with Gasteiger partial charge < -0.3 is 9.05 Å². The van der Waals surface area contributed by atoms with Gasteiger partial charge in [-0.05, 0) is 5.92 Å². The lowest BCUT2D eigenvalue weighted by atomic mass is 9.93. The van der Waals surface area contributed by atoms with E-state index in [0.29, 0.717) is 6.54 Å². The molecule has 88 valence electrons. The third-order valence-corrected chi connectivity index (χ3v) is 5.97. The topological polar surface area (TPSA) is 60.2 Å². The summed E-state index contributed by atoms with van der Waals surface area (Å²) in [5.74, 6) is 0.132. The van der Waals surface area contributed by atoms with Crippen LogP contribution in [0, 0.1) is 11.8 Å². The summed E-state index contributed by atoms with van der Waals surface area (Å²) in [5.41, 5.74) is 0. The molecule has 0 saturated carbocycles. The molecule has 0 aromatic heterocycles. The summed E-state index contributed by atoms with van der Waals surface area (Å²) in [6.07, 6.45) is 0. The molecule has 0 saturated heterocycles. The van der Waals surface area contributed by atoms with E-state index in [1.807, 2.05) is 20.8 Å². The van der Waals surface area contributed by atoms with E-state index in [0.717, 1.165) is 0 Å². The summed E-state index contributed by atoms with van der Waals surface area (Å²) in [5, 5.41) is 7.34. The molecule has 6 heteroatoms. The largest absolute Gasteiger partial charge is 0.359 e. The van der Waals surface area contributed by atoms with Crippen molar-refractivity contribution in [2.75, 3.05) is 20.8 Å². The lowest BCUT2D eigenvalue weighted by Crippen LogP contribution is -2.38. The molecule has 0 aromatic carbocycles. The molecule has 0 fully saturated rings. The average Bonchev–Trinajstić information content (AvgIpc) is 2.60. The maximum Gasteiger partial charge on any atom is 0.359 e. The van der Waals surface area contributed by atoms with Crippen LogP contribution in [0.25, 0.3) is 0 Å². The molecule has 1 rings (SSSR count). The fraction of sp³-hybridized carbons (Fsp3) is 1.00. The van der Waals surface area contributed by atoms with E-state index in [9.17, 15) is 4.57 Å². The molecule has 1 aliphatic heterocycles. The van der Waals surface area contributed by atoms with Gasteiger partial charge in [0.1, 0.15) is 0 Å². The van der Waals surface area contributed by atoms with Crippen molar-refractivity contribution in [2.24, 2.45) is 22.1 Å². The van der Waals surface area contributed by atoms with Crippen molar-refractivity contribution in [3.63, 3.8) is 0 Å². The molecule has 0 N–H and O–H groups in total. The monoisotopic (exact) mass is 234 g/mol. The standard InChI is InChI=1S/C9H19N2O3P/c1-7(2)9(8(3)6-10-11-9)15(12,13-4)14-5/h7-8H,6H2,1-5H3/t8-,9-/m0/s1. The van der Waals surface area contributed by atoms with Gasteiger partial charge in [0.2, 0.25) is 0 Å². The van der Waals surface area contributed by atoms with Gasteiger partial charge in [0.05, 0.1) is 6.54 Å². The van der Waals surface area contributed by atoms with Crippen LogP contribution < -0.4 is 0 Å². The second kappa shape index (κ2) is 4.32. The van der Waals surface area contributed by atoms with Crippen LogP contribution in [-0.2, 0) is 13.6 Å². The van der Waals surface area contributed by atoms with E-state index in [4.69, 9.17) is 9.05 Å². The van der Waals surface area contributed by atoms with Crippen molar-refractivity contribution in [1.82, 2.24) is 0 Å². The Morgan fingerprint density at radius 3 is 2.20 bits per heavy atom. The minimum absolute atomic E-state index is 0.0597. The van der Waals surface area contributed by atoms with Crippen molar-refractivity contribution in [3.05, 3.63) is 0 Å². The van der Waals surface area contributed by atoms with E-state index in [1.165, 1.54) is 14.2 Å². The highest BCUT2D eigenvalue weighted by atomic mass is 31.2. The highest BCUT2D eigenvalue weighted by molar-refractivity contribution is 7.55. The minimum atomic E-state index is -3.23. The average molecular weight is 234 g/mol. The van der Waals surface area contributed by atoms with E-state index in [1.54, 1.807) is 0 Å². The Morgan fingerprint density at radius 1 is 1.40 bits per heavy atom. The molecule has 0 aromatic rings. The maximum atomic E-state index is 12.5. The summed E-state index contributed by atoms with van der Waals surface area (Å²) < 4.78 is 22.7. The van der Waals surface area contributed by atoms with Crippen LogP contribution in [0.3, 0.4) is 0 Å². The predicted molar refractivity (Wildman–Crippen MR) is 58.1 cm³/mol. The summed E-state index contributed by atoms with van der Waals surface area (Å²) in [7, 11) is -0.437. The molecule has 0 amide bonds. The first kappa shape index (κ1) is 12.8. The first-order valence-electron chi connectivity index (χ1n) is 5.05. The van der Waals surface area contributed by atoms with Gasteiger partial charge in [-0.15, -0.1) is 0 Å². The van der Waals surface area contributed by atoms with Crippen LogP contribution >= 0.6 is 7.60 Å². The Hall–Kier alpha value is -0.250. The van der Waals surface area contributed by atoms with Gasteiger partial charge in [0, 0.05) is 20.1 Å². The molecule has 0 unspecified atom stereocenters. The molecular formula is C9H19N2O3P. The van der Waals surface area contributed by atoms with Gasteiger partial charge in [-0.25, -0.2) is 0 Å². The van der Waals surface area contributed by atoms with Gasteiger partial charge >= 0.3 is 7.60 Å². The lowest BCUT2D eigenvalue weighted by Gasteiger charge is -2.37. The number of rotatable bonds is 4. The minimum Gasteiger partial charge on any atom is -0.310 e. The van der Waals surface area contributed by atoms with Gasteiger partial charge in [0.25, 0.3) is 0 Å². The highest BCUT2D eigenvalue weighted by Crippen LogP contribution is 2.67. The Kier molecular flexibility index (Phi) is 3.69. The van der Waals surface area contributed by atoms with Crippen LogP contribution in [0.2, 0.25) is 0 Å². The van der Waals surface area contributed by atoms with Crippen LogP contribution in [-0.4, -0.2) is 26.0 Å². The Bertz CT molecular complexity index is 298. The summed E-state index contributed by atoms with van der Waals surface area (Å²) >= 11 is 0. The molecule has 1 aliphatic rings. The molecule has 0 radical (unpaired) electrons. The number of hydrogen-bond acceptors (Lipinski definition) is 5. The molecule has 0 bridgehead atoms. The van der Waals surface area contributed by atoms with Crippen LogP contribution in [0.1, 0.15) is 20.8 Å². The second-order valence-electron chi connectivity index (χ2n) is 4.13. The van der Waals surface area contributed by atoms with Crippen LogP contribution in [0.5, 0.6) is 0 Å². The first-order valence-corrected chi connectivity index (χ1v) is 6.59. The van der Waals surface area contributed by atoms with Crippen molar-refractivity contribution < 1.29 is 13.6 Å². The first-order chi connectivity index (χ1) is 6.94. The number of azo groups is 1. The maximum absolute atomic E-state index is 12.5. The van der Waals surface area contributed by atoms with Gasteiger partial charge in [-0.3, -0.25) is 4.57 Å². The van der Waals surface area contributed by atoms with E-state index in [-0.39, 0.29) is 11.8 Å². The number of nitrogens with zero attached hydrogens (tertiary/aromatic N) is 2. The zero-order valence-corrected chi connectivity index (χ0v) is 10.8. The summed E-state index contributed by atoms with van der Waals surface area (Å²) in [4.78, 5) is 0. The Labute approximate surface area is 90.8 Å². The zero-order chi connectivity index (χ0) is 11.7. The molecule has 5 nitrogen and oxygen atoms in total. The molecular weight excluding hydrogens is 215 g/mol. The molecule has 15 heavy (non-hydrogen) atoms. The number of hydrogen-bond donors (Lipinski definition) is 0. The van der Waals surface area contributed by atoms with E-state index in [2.05, 4.69) is 10.2 Å². The van der Waals surface area contributed by atoms with Crippen molar-refractivity contribution >= 4 is 7.60 Å². The quantitative estimate of drug-likeness (QED) is 0.702. The molecule has 2 atom stereocenters. The zero-order valence-electron chi connectivity index (χ0n) is 9.93. The van der Waals surface area contributed by atoms with Crippen LogP contribution in [0.15, 0.2) is 10.2 Å². The van der Waals surface area contributed by atoms with Gasteiger partial charge in [-0.1, -0.05) is 20.8 Å². The van der Waals surface area contributed by atoms with Gasteiger partial charge in [-0.2, -0.15) is 10.2 Å². The smallest absolute Gasteiger partial charge is 0.310 e. The van der Waals surface area contributed by atoms with Crippen molar-refractivity contribution in [2.45, 2.75) is 26.1 Å². The fourth-order valence-corrected chi connectivity index (χ4v) is 4.36. The highest BCUT2D eigenvalue weighted by Gasteiger charge is 2.58. The molecule has 1 heterocycles. The van der Waals surface area contributed by atoms with E-state index >= 15 is 0 Å². The molecule has 0 aliphatic carbocycles. The van der Waals surface area contributed by atoms with E-state index < -0.39 is 12.9 Å². The normalized spacial score (nSPS) is 31.5. The molecule has 0 spiro atoms. The van der Waals surface area contributed by atoms with Crippen molar-refractivity contribution in [3.8, 4) is 0 Å². The lowest BCUT2D eigenvalue weighted by molar-refractivity contribution is 0.205. The predicted octanol–water partition coefficient (Wildman–Crippen LogP) is 2.93. The second-order valence-corrected chi connectivity index (χ2v) is 6.57. The van der Waals surface area contributed by atoms with Crippen LogP contribution in [0.4, 0.5) is 0 Å². The third-order valence-electron chi connectivity index (χ3n) is 3.08. The van der Waals surface area contributed by atoms with Crippen molar-refractivity contribution in [1.29, 1.82) is 0 Å². The van der Waals surface area contributed by atoms with Gasteiger partial charge in [0.15, 0.2) is 5.28 Å². The Morgan fingerprint density at radius 2 is 1.93 bits per heavy atom. The summed E-state index contributed by atoms with van der Waals surface area (Å²) in [6.45, 7) is 6.48. The summed E-state index contributed by atoms with van der Waals surface area (Å²) in [6, 6.07) is 0.